The van der Waals surface area contributed by atoms with Crippen molar-refractivity contribution in [3.05, 3.63) is 46.0 Å². The number of hydrogen-bond donors (Lipinski definition) is 2. The third-order valence-corrected chi connectivity index (χ3v) is 4.60. The molecule has 130 valence electrons. The summed E-state index contributed by atoms with van der Waals surface area (Å²) < 4.78 is 0. The molecule has 0 bridgehead atoms. The first kappa shape index (κ1) is 18.1. The van der Waals surface area contributed by atoms with Crippen molar-refractivity contribution in [2.45, 2.75) is 38.6 Å². The molecule has 6 heteroatoms. The Morgan fingerprint density at radius 1 is 1.42 bits per heavy atom. The van der Waals surface area contributed by atoms with Crippen molar-refractivity contribution in [1.82, 2.24) is 5.32 Å². The molecular formula is C18H26N3O3+. The number of quaternary nitrogens is 1. The van der Waals surface area contributed by atoms with Gasteiger partial charge in [-0.15, -0.1) is 0 Å². The average Bonchev–Trinajstić information content (AvgIpc) is 2.58. The van der Waals surface area contributed by atoms with Crippen molar-refractivity contribution < 1.29 is 14.6 Å². The van der Waals surface area contributed by atoms with E-state index in [2.05, 4.69) is 12.2 Å². The van der Waals surface area contributed by atoms with E-state index < -0.39 is 4.92 Å². The highest BCUT2D eigenvalue weighted by molar-refractivity contribution is 5.92. The summed E-state index contributed by atoms with van der Waals surface area (Å²) in [5, 5.41) is 13.8. The topological polar surface area (TPSA) is 76.7 Å². The molecule has 2 rings (SSSR count). The third kappa shape index (κ3) is 5.45. The minimum absolute atomic E-state index is 0.00392. The molecule has 2 N–H and O–H groups in total. The summed E-state index contributed by atoms with van der Waals surface area (Å²) in [6, 6.07) is 7.10. The van der Waals surface area contributed by atoms with Crippen LogP contribution in [0.2, 0.25) is 0 Å². The fourth-order valence-corrected chi connectivity index (χ4v) is 3.17. The van der Waals surface area contributed by atoms with Crippen LogP contribution in [0, 0.1) is 10.1 Å². The van der Waals surface area contributed by atoms with E-state index in [9.17, 15) is 14.9 Å². The van der Waals surface area contributed by atoms with Crippen LogP contribution in [0.1, 0.15) is 38.2 Å². The van der Waals surface area contributed by atoms with Crippen molar-refractivity contribution in [2.75, 3.05) is 19.6 Å². The van der Waals surface area contributed by atoms with Gasteiger partial charge in [-0.1, -0.05) is 12.1 Å². The lowest BCUT2D eigenvalue weighted by Crippen LogP contribution is -3.16. The van der Waals surface area contributed by atoms with Crippen LogP contribution in [0.5, 0.6) is 0 Å². The van der Waals surface area contributed by atoms with Crippen molar-refractivity contribution in [3.63, 3.8) is 0 Å². The second kappa shape index (κ2) is 9.17. The van der Waals surface area contributed by atoms with Gasteiger partial charge in [-0.2, -0.15) is 0 Å². The van der Waals surface area contributed by atoms with Gasteiger partial charge >= 0.3 is 0 Å². The molecule has 1 aliphatic rings. The minimum Gasteiger partial charge on any atom is -0.352 e. The summed E-state index contributed by atoms with van der Waals surface area (Å²) in [4.78, 5) is 23.9. The number of nitro benzene ring substituents is 1. The Balaban J connectivity index is 1.74. The third-order valence-electron chi connectivity index (χ3n) is 4.60. The van der Waals surface area contributed by atoms with Gasteiger partial charge in [-0.05, 0) is 38.3 Å². The van der Waals surface area contributed by atoms with E-state index in [1.165, 1.54) is 44.0 Å². The highest BCUT2D eigenvalue weighted by atomic mass is 16.6. The quantitative estimate of drug-likeness (QED) is 0.344. The van der Waals surface area contributed by atoms with Crippen molar-refractivity contribution in [1.29, 1.82) is 0 Å². The van der Waals surface area contributed by atoms with Crippen molar-refractivity contribution >= 4 is 17.7 Å². The lowest BCUT2D eigenvalue weighted by atomic mass is 10.0. The number of nitro groups is 1. The van der Waals surface area contributed by atoms with E-state index in [0.717, 1.165) is 13.0 Å². The second-order valence-electron chi connectivity index (χ2n) is 6.35. The lowest BCUT2D eigenvalue weighted by Gasteiger charge is -2.30. The first-order chi connectivity index (χ1) is 11.6. The predicted octanol–water partition coefficient (Wildman–Crippen LogP) is 1.57. The molecule has 1 aromatic rings. The van der Waals surface area contributed by atoms with Crippen LogP contribution in [0.4, 0.5) is 5.69 Å². The molecule has 1 heterocycles. The number of carbonyl (C=O) groups excluding carboxylic acids is 1. The van der Waals surface area contributed by atoms with Crippen LogP contribution in [-0.4, -0.2) is 36.5 Å². The largest absolute Gasteiger partial charge is 0.352 e. The molecular weight excluding hydrogens is 306 g/mol. The highest BCUT2D eigenvalue weighted by Crippen LogP contribution is 2.18. The molecule has 0 aliphatic carbocycles. The summed E-state index contributed by atoms with van der Waals surface area (Å²) in [6.07, 6.45) is 7.72. The number of hydrogen-bond acceptors (Lipinski definition) is 3. The number of rotatable bonds is 7. The van der Waals surface area contributed by atoms with E-state index in [-0.39, 0.29) is 11.6 Å². The summed E-state index contributed by atoms with van der Waals surface area (Å²) in [5.41, 5.74) is 0.438. The van der Waals surface area contributed by atoms with E-state index in [1.807, 2.05) is 0 Å². The van der Waals surface area contributed by atoms with Gasteiger partial charge in [0.2, 0.25) is 5.91 Å². The number of likely N-dealkylation sites (tertiary alicyclic amines) is 1. The molecule has 6 nitrogen and oxygen atoms in total. The Bertz CT molecular complexity index is 601. The van der Waals surface area contributed by atoms with E-state index in [1.54, 1.807) is 23.1 Å². The van der Waals surface area contributed by atoms with E-state index in [4.69, 9.17) is 0 Å². The number of para-hydroxylation sites is 1. The van der Waals surface area contributed by atoms with Gasteiger partial charge in [-0.25, -0.2) is 0 Å². The zero-order valence-corrected chi connectivity index (χ0v) is 14.2. The monoisotopic (exact) mass is 332 g/mol. The number of nitrogens with zero attached hydrogens (tertiary/aromatic N) is 1. The number of nitrogens with one attached hydrogen (secondary N) is 2. The van der Waals surface area contributed by atoms with Crippen LogP contribution >= 0.6 is 0 Å². The molecule has 0 aromatic heterocycles. The summed E-state index contributed by atoms with van der Waals surface area (Å²) in [5.74, 6) is -0.213. The fraction of sp³-hybridized carbons (Fsp3) is 0.500. The fourth-order valence-electron chi connectivity index (χ4n) is 3.17. The van der Waals surface area contributed by atoms with Crippen LogP contribution in [-0.2, 0) is 4.79 Å². The van der Waals surface area contributed by atoms with Gasteiger partial charge in [0.15, 0.2) is 0 Å². The number of piperidine rings is 1. The van der Waals surface area contributed by atoms with Gasteiger partial charge in [0, 0.05) is 25.1 Å². The predicted molar refractivity (Wildman–Crippen MR) is 93.8 cm³/mol. The first-order valence-corrected chi connectivity index (χ1v) is 8.62. The Labute approximate surface area is 142 Å². The molecule has 0 spiro atoms. The second-order valence-corrected chi connectivity index (χ2v) is 6.35. The molecule has 1 fully saturated rings. The lowest BCUT2D eigenvalue weighted by molar-refractivity contribution is -0.928. The van der Waals surface area contributed by atoms with Crippen molar-refractivity contribution in [3.8, 4) is 0 Å². The zero-order chi connectivity index (χ0) is 17.4. The molecule has 0 saturated carbocycles. The SMILES string of the molecule is C[C@H]1CCCC[NH+]1CCCNC(=O)/C=C/c1ccccc1[N+](=O)[O-]. The van der Waals surface area contributed by atoms with E-state index in [0.29, 0.717) is 18.2 Å². The number of carbonyl (C=O) groups is 1. The van der Waals surface area contributed by atoms with Crippen LogP contribution < -0.4 is 10.2 Å². The zero-order valence-electron chi connectivity index (χ0n) is 14.2. The molecule has 2 atom stereocenters. The Morgan fingerprint density at radius 3 is 2.96 bits per heavy atom. The van der Waals surface area contributed by atoms with E-state index >= 15 is 0 Å². The smallest absolute Gasteiger partial charge is 0.276 e. The van der Waals surface area contributed by atoms with Gasteiger partial charge in [0.1, 0.15) is 0 Å². The molecule has 1 aliphatic heterocycles. The molecule has 1 amide bonds. The molecule has 24 heavy (non-hydrogen) atoms. The van der Waals surface area contributed by atoms with Gasteiger partial charge in [0.05, 0.1) is 29.6 Å². The van der Waals surface area contributed by atoms with Gasteiger partial charge in [-0.3, -0.25) is 14.9 Å². The van der Waals surface area contributed by atoms with Crippen LogP contribution in [0.3, 0.4) is 0 Å². The molecule has 1 aromatic carbocycles. The number of benzene rings is 1. The maximum absolute atomic E-state index is 11.8. The standard InChI is InChI=1S/C18H25N3O3/c1-15-7-4-5-13-20(15)14-6-12-19-18(22)11-10-16-8-2-3-9-17(16)21(23)24/h2-3,8-11,15H,4-7,12-14H2,1H3,(H,19,22)/p+1/b11-10+/t15-/m0/s1. The molecule has 1 unspecified atom stereocenters. The first-order valence-electron chi connectivity index (χ1n) is 8.62. The summed E-state index contributed by atoms with van der Waals surface area (Å²) in [6.45, 7) is 5.24. The number of amides is 1. The summed E-state index contributed by atoms with van der Waals surface area (Å²) in [7, 11) is 0. The summed E-state index contributed by atoms with van der Waals surface area (Å²) >= 11 is 0. The van der Waals surface area contributed by atoms with Crippen LogP contribution in [0.25, 0.3) is 6.08 Å². The Morgan fingerprint density at radius 2 is 2.21 bits per heavy atom. The average molecular weight is 332 g/mol. The molecule has 1 saturated heterocycles. The van der Waals surface area contributed by atoms with Crippen molar-refractivity contribution in [2.24, 2.45) is 0 Å². The minimum atomic E-state index is -0.444. The van der Waals surface area contributed by atoms with Gasteiger partial charge < -0.3 is 10.2 Å². The Kier molecular flexibility index (Phi) is 6.93. The normalized spacial score (nSPS) is 20.9. The highest BCUT2D eigenvalue weighted by Gasteiger charge is 2.20. The van der Waals surface area contributed by atoms with Crippen LogP contribution in [0.15, 0.2) is 30.3 Å². The van der Waals surface area contributed by atoms with Gasteiger partial charge in [0.25, 0.3) is 5.69 Å². The Hall–Kier alpha value is -2.21. The maximum Gasteiger partial charge on any atom is 0.276 e. The molecule has 0 radical (unpaired) electrons. The maximum atomic E-state index is 11.8.